The van der Waals surface area contributed by atoms with Crippen LogP contribution in [0.15, 0.2) is 58.8 Å². The highest BCUT2D eigenvalue weighted by atomic mass is 16.5. The van der Waals surface area contributed by atoms with Gasteiger partial charge in [-0.3, -0.25) is 4.79 Å². The van der Waals surface area contributed by atoms with E-state index in [0.717, 1.165) is 17.9 Å². The monoisotopic (exact) mass is 487 g/mol. The Balaban J connectivity index is 1.66. The Morgan fingerprint density at radius 2 is 1.43 bits per heavy atom. The van der Waals surface area contributed by atoms with Crippen LogP contribution in [0.3, 0.4) is 0 Å². The van der Waals surface area contributed by atoms with Gasteiger partial charge in [0, 0.05) is 37.4 Å². The summed E-state index contributed by atoms with van der Waals surface area (Å²) in [6.07, 6.45) is 0. The largest absolute Gasteiger partial charge is 0.395 e. The fraction of sp³-hybridized carbons (Fsp3) is 0.480. The maximum absolute atomic E-state index is 12.3. The molecule has 0 saturated heterocycles. The molecule has 0 fully saturated rings. The third-order valence-corrected chi connectivity index (χ3v) is 4.92. The second kappa shape index (κ2) is 17.5. The molecule has 0 bridgehead atoms. The van der Waals surface area contributed by atoms with E-state index in [1.54, 1.807) is 24.3 Å². The molecule has 0 aromatic heterocycles. The number of azo groups is 1. The number of benzene rings is 2. The number of nitrogens with one attached hydrogen (secondary N) is 1. The average Bonchev–Trinajstić information content (AvgIpc) is 2.89. The van der Waals surface area contributed by atoms with Crippen LogP contribution in [0.1, 0.15) is 17.3 Å². The van der Waals surface area contributed by atoms with Crippen LogP contribution in [0, 0.1) is 0 Å². The Bertz CT molecular complexity index is 862. The topological polar surface area (TPSA) is 131 Å². The van der Waals surface area contributed by atoms with E-state index in [1.165, 1.54) is 0 Å². The van der Waals surface area contributed by atoms with Gasteiger partial charge in [-0.05, 0) is 55.5 Å². The number of likely N-dealkylation sites (N-methyl/N-ethyl adjacent to an activating group) is 1. The first kappa shape index (κ1) is 28.3. The molecular weight excluding hydrogens is 450 g/mol. The molecule has 2 aromatic rings. The number of aliphatic hydroxyl groups excluding tert-OH is 1. The minimum atomic E-state index is -0.177. The summed E-state index contributed by atoms with van der Waals surface area (Å²) in [5, 5.41) is 20.5. The molecule has 0 heterocycles. The van der Waals surface area contributed by atoms with Crippen LogP contribution in [0.5, 0.6) is 0 Å². The van der Waals surface area contributed by atoms with E-state index in [4.69, 9.17) is 25.1 Å². The van der Waals surface area contributed by atoms with E-state index in [9.17, 15) is 4.79 Å². The van der Waals surface area contributed by atoms with Gasteiger partial charge in [-0.1, -0.05) is 0 Å². The normalized spacial score (nSPS) is 11.2. The molecule has 2 rings (SSSR count). The number of ether oxygens (including phenoxy) is 3. The first-order chi connectivity index (χ1) is 17.2. The lowest BCUT2D eigenvalue weighted by Crippen LogP contribution is -2.27. The van der Waals surface area contributed by atoms with Crippen molar-refractivity contribution in [2.45, 2.75) is 6.92 Å². The fourth-order valence-corrected chi connectivity index (χ4v) is 3.08. The summed E-state index contributed by atoms with van der Waals surface area (Å²) in [5.74, 6) is -0.177. The van der Waals surface area contributed by atoms with Gasteiger partial charge in [0.25, 0.3) is 5.91 Å². The van der Waals surface area contributed by atoms with Gasteiger partial charge in [0.2, 0.25) is 0 Å². The van der Waals surface area contributed by atoms with Gasteiger partial charge >= 0.3 is 0 Å². The van der Waals surface area contributed by atoms with Crippen LogP contribution in [-0.4, -0.2) is 83.4 Å². The number of nitrogens with two attached hydrogens (primary N) is 1. The summed E-state index contributed by atoms with van der Waals surface area (Å²) in [6, 6.07) is 14.6. The standard InChI is InChI=1S/C25H37N5O5/c1-2-30(13-14-31)24-9-7-23(8-10-24)29-28-22-5-3-21(4-6-22)25(32)27-12-16-34-18-20-35-19-17-33-15-11-26/h3-10,31H,2,11-20,26H2,1H3,(H,27,32). The minimum absolute atomic E-state index is 0.111. The molecule has 35 heavy (non-hydrogen) atoms. The first-order valence-electron chi connectivity index (χ1n) is 11.9. The van der Waals surface area contributed by atoms with E-state index in [-0.39, 0.29) is 12.5 Å². The Morgan fingerprint density at radius 1 is 0.886 bits per heavy atom. The van der Waals surface area contributed by atoms with Crippen molar-refractivity contribution < 1.29 is 24.1 Å². The van der Waals surface area contributed by atoms with Gasteiger partial charge in [-0.2, -0.15) is 10.2 Å². The van der Waals surface area contributed by atoms with Crippen molar-refractivity contribution in [2.75, 3.05) is 77.3 Å². The smallest absolute Gasteiger partial charge is 0.251 e. The van der Waals surface area contributed by atoms with Crippen LogP contribution < -0.4 is 16.0 Å². The first-order valence-corrected chi connectivity index (χ1v) is 11.9. The summed E-state index contributed by atoms with van der Waals surface area (Å²) in [5.41, 5.74) is 8.27. The van der Waals surface area contributed by atoms with Gasteiger partial charge in [0.1, 0.15) is 0 Å². The van der Waals surface area contributed by atoms with Gasteiger partial charge in [0.15, 0.2) is 0 Å². The number of aliphatic hydroxyl groups is 1. The van der Waals surface area contributed by atoms with Gasteiger partial charge in [-0.25, -0.2) is 0 Å². The number of amides is 1. The van der Waals surface area contributed by atoms with Crippen molar-refractivity contribution in [3.63, 3.8) is 0 Å². The molecule has 192 valence electrons. The van der Waals surface area contributed by atoms with Crippen LogP contribution in [-0.2, 0) is 14.2 Å². The minimum Gasteiger partial charge on any atom is -0.395 e. The van der Waals surface area contributed by atoms with Crippen molar-refractivity contribution in [1.29, 1.82) is 0 Å². The summed E-state index contributed by atoms with van der Waals surface area (Å²) in [4.78, 5) is 14.3. The summed E-state index contributed by atoms with van der Waals surface area (Å²) in [6.45, 7) is 7.36. The van der Waals surface area contributed by atoms with Gasteiger partial charge in [0.05, 0.1) is 57.6 Å². The number of hydrogen-bond acceptors (Lipinski definition) is 9. The van der Waals surface area contributed by atoms with Crippen molar-refractivity contribution in [1.82, 2.24) is 5.32 Å². The number of carbonyl (C=O) groups excluding carboxylic acids is 1. The fourth-order valence-electron chi connectivity index (χ4n) is 3.08. The highest BCUT2D eigenvalue weighted by Gasteiger charge is 2.05. The molecule has 10 heteroatoms. The lowest BCUT2D eigenvalue weighted by Gasteiger charge is -2.21. The van der Waals surface area contributed by atoms with Crippen molar-refractivity contribution in [3.05, 3.63) is 54.1 Å². The molecule has 0 saturated carbocycles. The predicted molar refractivity (Wildman–Crippen MR) is 136 cm³/mol. The molecule has 0 spiro atoms. The zero-order chi connectivity index (χ0) is 25.1. The molecule has 1 amide bonds. The second-order valence-corrected chi connectivity index (χ2v) is 7.45. The van der Waals surface area contributed by atoms with E-state index in [1.807, 2.05) is 31.2 Å². The van der Waals surface area contributed by atoms with Crippen LogP contribution in [0.25, 0.3) is 0 Å². The number of rotatable bonds is 18. The number of nitrogens with zero attached hydrogens (tertiary/aromatic N) is 3. The number of hydrogen-bond donors (Lipinski definition) is 3. The zero-order valence-electron chi connectivity index (χ0n) is 20.4. The summed E-state index contributed by atoms with van der Waals surface area (Å²) in [7, 11) is 0. The average molecular weight is 488 g/mol. The summed E-state index contributed by atoms with van der Waals surface area (Å²) >= 11 is 0. The molecule has 0 atom stereocenters. The van der Waals surface area contributed by atoms with Gasteiger partial charge < -0.3 is 35.3 Å². The van der Waals surface area contributed by atoms with E-state index in [2.05, 4.69) is 20.4 Å². The van der Waals surface area contributed by atoms with E-state index < -0.39 is 0 Å². The SMILES string of the molecule is CCN(CCO)c1ccc(N=Nc2ccc(C(=O)NCCOCCOCCOCCN)cc2)cc1. The molecule has 10 nitrogen and oxygen atoms in total. The molecule has 4 N–H and O–H groups in total. The molecule has 0 radical (unpaired) electrons. The Kier molecular flexibility index (Phi) is 14.2. The molecule has 0 aliphatic carbocycles. The highest BCUT2D eigenvalue weighted by molar-refractivity contribution is 5.94. The Labute approximate surface area is 207 Å². The van der Waals surface area contributed by atoms with Crippen LogP contribution in [0.4, 0.5) is 17.1 Å². The molecule has 0 unspecified atom stereocenters. The molecular formula is C25H37N5O5. The van der Waals surface area contributed by atoms with Crippen LogP contribution in [0.2, 0.25) is 0 Å². The van der Waals surface area contributed by atoms with Gasteiger partial charge in [-0.15, -0.1) is 0 Å². The number of carbonyl (C=O) groups is 1. The lowest BCUT2D eigenvalue weighted by molar-refractivity contribution is 0.0166. The van der Waals surface area contributed by atoms with E-state index >= 15 is 0 Å². The Morgan fingerprint density at radius 3 is 1.97 bits per heavy atom. The Hall–Kier alpha value is -2.89. The third-order valence-electron chi connectivity index (χ3n) is 4.92. The predicted octanol–water partition coefficient (Wildman–Crippen LogP) is 2.66. The van der Waals surface area contributed by atoms with Crippen molar-refractivity contribution in [2.24, 2.45) is 16.0 Å². The van der Waals surface area contributed by atoms with Crippen molar-refractivity contribution in [3.8, 4) is 0 Å². The lowest BCUT2D eigenvalue weighted by atomic mass is 10.2. The summed E-state index contributed by atoms with van der Waals surface area (Å²) < 4.78 is 16.0. The maximum atomic E-state index is 12.3. The zero-order valence-corrected chi connectivity index (χ0v) is 20.4. The molecule has 0 aliphatic rings. The quantitative estimate of drug-likeness (QED) is 0.218. The number of anilines is 1. The molecule has 0 aliphatic heterocycles. The third kappa shape index (κ3) is 11.4. The maximum Gasteiger partial charge on any atom is 0.251 e. The van der Waals surface area contributed by atoms with Crippen LogP contribution >= 0.6 is 0 Å². The van der Waals surface area contributed by atoms with Crippen molar-refractivity contribution >= 4 is 23.0 Å². The second-order valence-electron chi connectivity index (χ2n) is 7.45. The highest BCUT2D eigenvalue weighted by Crippen LogP contribution is 2.22. The molecule has 2 aromatic carbocycles. The van der Waals surface area contributed by atoms with E-state index in [0.29, 0.717) is 70.5 Å².